The zero-order valence-corrected chi connectivity index (χ0v) is 11.6. The van der Waals surface area contributed by atoms with E-state index < -0.39 is 5.82 Å². The third-order valence-electron chi connectivity index (χ3n) is 3.70. The van der Waals surface area contributed by atoms with Gasteiger partial charge in [-0.2, -0.15) is 0 Å². The summed E-state index contributed by atoms with van der Waals surface area (Å²) in [5.74, 6) is -0.0883. The number of anilines is 1. The van der Waals surface area contributed by atoms with Gasteiger partial charge in [-0.3, -0.25) is 0 Å². The van der Waals surface area contributed by atoms with Crippen LogP contribution < -0.4 is 10.6 Å². The lowest BCUT2D eigenvalue weighted by Crippen LogP contribution is -2.40. The van der Waals surface area contributed by atoms with E-state index in [4.69, 9.17) is 17.3 Å². The van der Waals surface area contributed by atoms with Crippen molar-refractivity contribution in [2.45, 2.75) is 12.5 Å². The molecule has 0 fully saturated rings. The summed E-state index contributed by atoms with van der Waals surface area (Å²) in [5, 5.41) is 0.299. The minimum atomic E-state index is -0.407. The van der Waals surface area contributed by atoms with Crippen molar-refractivity contribution in [2.24, 2.45) is 5.73 Å². The molecular formula is C15H15ClFN3. The maximum atomic E-state index is 14.1. The number of benzene rings is 1. The maximum Gasteiger partial charge on any atom is 0.167 e. The molecule has 104 valence electrons. The number of hydrogen-bond acceptors (Lipinski definition) is 3. The molecule has 0 saturated carbocycles. The predicted molar refractivity (Wildman–Crippen MR) is 78.5 cm³/mol. The Morgan fingerprint density at radius 1 is 1.40 bits per heavy atom. The average molecular weight is 292 g/mol. The fourth-order valence-corrected chi connectivity index (χ4v) is 2.92. The number of nitrogens with two attached hydrogens (primary N) is 1. The molecule has 1 atom stereocenters. The third-order valence-corrected chi connectivity index (χ3v) is 3.90. The Labute approximate surface area is 122 Å². The van der Waals surface area contributed by atoms with Crippen LogP contribution in [0.15, 0.2) is 36.5 Å². The Balaban J connectivity index is 2.03. The van der Waals surface area contributed by atoms with E-state index in [9.17, 15) is 4.39 Å². The molecule has 2 aromatic rings. The van der Waals surface area contributed by atoms with Gasteiger partial charge in [0.05, 0.1) is 11.1 Å². The Kier molecular flexibility index (Phi) is 3.59. The van der Waals surface area contributed by atoms with Crippen molar-refractivity contribution in [3.05, 3.63) is 58.5 Å². The first-order chi connectivity index (χ1) is 9.70. The second kappa shape index (κ2) is 5.38. The fraction of sp³-hybridized carbons (Fsp3) is 0.267. The summed E-state index contributed by atoms with van der Waals surface area (Å²) in [7, 11) is 0. The molecule has 1 aromatic carbocycles. The van der Waals surface area contributed by atoms with Crippen molar-refractivity contribution in [2.75, 3.05) is 18.0 Å². The average Bonchev–Trinajstić information content (AvgIpc) is 2.46. The number of hydrogen-bond donors (Lipinski definition) is 1. The van der Waals surface area contributed by atoms with Crippen molar-refractivity contribution >= 4 is 17.4 Å². The van der Waals surface area contributed by atoms with Gasteiger partial charge in [0.2, 0.25) is 0 Å². The molecule has 2 N–H and O–H groups in total. The zero-order chi connectivity index (χ0) is 14.1. The quantitative estimate of drug-likeness (QED) is 0.925. The molecule has 0 bridgehead atoms. The lowest BCUT2D eigenvalue weighted by Gasteiger charge is -2.37. The summed E-state index contributed by atoms with van der Waals surface area (Å²) >= 11 is 5.76. The van der Waals surface area contributed by atoms with Crippen molar-refractivity contribution < 1.29 is 4.39 Å². The molecule has 2 heterocycles. The Hall–Kier alpha value is -1.65. The number of halogens is 2. The second-order valence-corrected chi connectivity index (χ2v) is 5.29. The van der Waals surface area contributed by atoms with E-state index in [0.29, 0.717) is 23.9 Å². The number of pyridine rings is 1. The molecule has 1 aliphatic heterocycles. The second-order valence-electron chi connectivity index (χ2n) is 4.85. The van der Waals surface area contributed by atoms with Gasteiger partial charge in [0.15, 0.2) is 11.6 Å². The van der Waals surface area contributed by atoms with Crippen LogP contribution in [-0.2, 0) is 6.42 Å². The first kappa shape index (κ1) is 13.3. The predicted octanol–water partition coefficient (Wildman–Crippen LogP) is 2.94. The molecule has 0 radical (unpaired) electrons. The molecule has 20 heavy (non-hydrogen) atoms. The molecular weight excluding hydrogens is 277 g/mol. The van der Waals surface area contributed by atoms with Gasteiger partial charge < -0.3 is 10.6 Å². The summed E-state index contributed by atoms with van der Waals surface area (Å²) in [6.07, 6.45) is 2.32. The molecule has 1 aliphatic rings. The highest BCUT2D eigenvalue weighted by Crippen LogP contribution is 2.33. The minimum Gasteiger partial charge on any atom is -0.346 e. The van der Waals surface area contributed by atoms with Gasteiger partial charge in [0.25, 0.3) is 0 Å². The normalized spacial score (nSPS) is 17.9. The Morgan fingerprint density at radius 2 is 2.20 bits per heavy atom. The SMILES string of the molecule is NCC1c2ccccc2CCN1c1ncc(Cl)cc1F. The first-order valence-electron chi connectivity index (χ1n) is 6.56. The molecule has 1 unspecified atom stereocenters. The molecule has 0 spiro atoms. The summed E-state index contributed by atoms with van der Waals surface area (Å²) in [6, 6.07) is 9.38. The van der Waals surface area contributed by atoms with E-state index in [1.807, 2.05) is 23.1 Å². The van der Waals surface area contributed by atoms with Crippen molar-refractivity contribution in [3.63, 3.8) is 0 Å². The number of rotatable bonds is 2. The molecule has 0 saturated heterocycles. The molecule has 1 aromatic heterocycles. The standard InChI is InChI=1S/C15H15ClFN3/c16-11-7-13(17)15(19-9-11)20-6-5-10-3-1-2-4-12(10)14(20)8-18/h1-4,7,9,14H,5-6,8,18H2. The van der Waals surface area contributed by atoms with Gasteiger partial charge >= 0.3 is 0 Å². The lowest BCUT2D eigenvalue weighted by molar-refractivity contribution is 0.551. The molecule has 3 nitrogen and oxygen atoms in total. The van der Waals surface area contributed by atoms with Gasteiger partial charge in [-0.1, -0.05) is 35.9 Å². The smallest absolute Gasteiger partial charge is 0.167 e. The molecule has 0 amide bonds. The highest BCUT2D eigenvalue weighted by atomic mass is 35.5. The first-order valence-corrected chi connectivity index (χ1v) is 6.94. The van der Waals surface area contributed by atoms with Crippen molar-refractivity contribution in [1.29, 1.82) is 0 Å². The molecule has 5 heteroatoms. The minimum absolute atomic E-state index is 0.0527. The zero-order valence-electron chi connectivity index (χ0n) is 10.9. The largest absolute Gasteiger partial charge is 0.346 e. The number of nitrogens with zero attached hydrogens (tertiary/aromatic N) is 2. The van der Waals surface area contributed by atoms with Crippen LogP contribution in [0.2, 0.25) is 5.02 Å². The third kappa shape index (κ3) is 2.25. The van der Waals surface area contributed by atoms with Crippen molar-refractivity contribution in [1.82, 2.24) is 4.98 Å². The van der Waals surface area contributed by atoms with Crippen LogP contribution in [0, 0.1) is 5.82 Å². The van der Waals surface area contributed by atoms with Crippen LogP contribution in [0.1, 0.15) is 17.2 Å². The van der Waals surface area contributed by atoms with E-state index in [-0.39, 0.29) is 6.04 Å². The van der Waals surface area contributed by atoms with Gasteiger partial charge in [-0.05, 0) is 23.6 Å². The monoisotopic (exact) mass is 291 g/mol. The summed E-state index contributed by atoms with van der Waals surface area (Å²) in [5.41, 5.74) is 8.33. The van der Waals surface area contributed by atoms with E-state index in [2.05, 4.69) is 11.1 Å². The lowest BCUT2D eigenvalue weighted by atomic mass is 9.92. The topological polar surface area (TPSA) is 42.1 Å². The summed E-state index contributed by atoms with van der Waals surface area (Å²) in [4.78, 5) is 6.06. The van der Waals surface area contributed by atoms with E-state index in [1.54, 1.807) is 0 Å². The fourth-order valence-electron chi connectivity index (χ4n) is 2.78. The number of aromatic nitrogens is 1. The van der Waals surface area contributed by atoms with E-state index >= 15 is 0 Å². The number of fused-ring (bicyclic) bond motifs is 1. The van der Waals surface area contributed by atoms with Crippen LogP contribution in [0.3, 0.4) is 0 Å². The van der Waals surface area contributed by atoms with Gasteiger partial charge in [-0.25, -0.2) is 9.37 Å². The summed E-state index contributed by atoms with van der Waals surface area (Å²) < 4.78 is 14.1. The highest BCUT2D eigenvalue weighted by molar-refractivity contribution is 6.30. The van der Waals surface area contributed by atoms with Gasteiger partial charge in [0.1, 0.15) is 0 Å². The van der Waals surface area contributed by atoms with Crippen LogP contribution in [0.4, 0.5) is 10.2 Å². The van der Waals surface area contributed by atoms with Crippen molar-refractivity contribution in [3.8, 4) is 0 Å². The van der Waals surface area contributed by atoms with E-state index in [1.165, 1.54) is 17.8 Å². The Bertz CT molecular complexity index is 632. The van der Waals surface area contributed by atoms with Gasteiger partial charge in [0, 0.05) is 19.3 Å². The highest BCUT2D eigenvalue weighted by Gasteiger charge is 2.28. The Morgan fingerprint density at radius 3 is 2.95 bits per heavy atom. The van der Waals surface area contributed by atoms with Gasteiger partial charge in [-0.15, -0.1) is 0 Å². The van der Waals surface area contributed by atoms with Crippen LogP contribution in [0.25, 0.3) is 0 Å². The maximum absolute atomic E-state index is 14.1. The van der Waals surface area contributed by atoms with E-state index in [0.717, 1.165) is 12.0 Å². The van der Waals surface area contributed by atoms with Crippen LogP contribution >= 0.6 is 11.6 Å². The van der Waals surface area contributed by atoms with Crippen LogP contribution in [-0.4, -0.2) is 18.1 Å². The molecule has 3 rings (SSSR count). The van der Waals surface area contributed by atoms with Crippen LogP contribution in [0.5, 0.6) is 0 Å². The molecule has 0 aliphatic carbocycles. The summed E-state index contributed by atoms with van der Waals surface area (Å²) in [6.45, 7) is 1.12.